The summed E-state index contributed by atoms with van der Waals surface area (Å²) in [5, 5.41) is 2.58. The molecule has 2 N–H and O–H groups in total. The Morgan fingerprint density at radius 2 is 1.69 bits per heavy atom. The topological polar surface area (TPSA) is 102 Å². The molecular formula is C21H26N2O5S. The third-order valence-electron chi connectivity index (χ3n) is 4.45. The van der Waals surface area contributed by atoms with Crippen molar-refractivity contribution in [2.45, 2.75) is 45.2 Å². The van der Waals surface area contributed by atoms with E-state index < -0.39 is 22.1 Å². The molecule has 0 aliphatic carbocycles. The van der Waals surface area contributed by atoms with Gasteiger partial charge in [-0.1, -0.05) is 18.2 Å². The highest BCUT2D eigenvalue weighted by atomic mass is 32.2. The molecule has 0 aromatic heterocycles. The third kappa shape index (κ3) is 6.13. The Balaban J connectivity index is 1.99. The van der Waals surface area contributed by atoms with Gasteiger partial charge in [-0.3, -0.25) is 4.79 Å². The van der Waals surface area contributed by atoms with Crippen LogP contribution >= 0.6 is 0 Å². The average Bonchev–Trinajstić information content (AvgIpc) is 2.69. The van der Waals surface area contributed by atoms with Crippen molar-refractivity contribution < 1.29 is 22.7 Å². The van der Waals surface area contributed by atoms with Gasteiger partial charge in [-0.05, 0) is 68.7 Å². The van der Waals surface area contributed by atoms with Gasteiger partial charge >= 0.3 is 5.97 Å². The van der Waals surface area contributed by atoms with Crippen LogP contribution in [0.4, 0.5) is 0 Å². The molecule has 0 bridgehead atoms. The fourth-order valence-corrected chi connectivity index (χ4v) is 3.60. The number of ether oxygens (including phenoxy) is 1. The van der Waals surface area contributed by atoms with Crippen molar-refractivity contribution in [1.82, 2.24) is 10.0 Å². The standard InChI is InChI=1S/C21H26N2O5S/c1-5-22-20(24)16(4)28-21(25)18-9-7-17(8-10-18)13-23-29(26,27)19-11-6-14(2)15(3)12-19/h6-12,16,23H,5,13H2,1-4H3,(H,22,24)/t16-/m1/s1. The summed E-state index contributed by atoms with van der Waals surface area (Å²) in [6, 6.07) is 11.3. The molecule has 2 aromatic carbocycles. The summed E-state index contributed by atoms with van der Waals surface area (Å²) in [4.78, 5) is 24.0. The second-order valence-corrected chi connectivity index (χ2v) is 8.48. The molecule has 0 unspecified atom stereocenters. The first kappa shape index (κ1) is 22.6. The van der Waals surface area contributed by atoms with Crippen molar-refractivity contribution in [2.75, 3.05) is 6.54 Å². The number of amides is 1. The fourth-order valence-electron chi connectivity index (χ4n) is 2.50. The molecule has 0 aliphatic rings. The summed E-state index contributed by atoms with van der Waals surface area (Å²) in [6.45, 7) is 7.59. The van der Waals surface area contributed by atoms with E-state index in [9.17, 15) is 18.0 Å². The minimum absolute atomic E-state index is 0.0832. The van der Waals surface area contributed by atoms with Crippen LogP contribution in [-0.2, 0) is 26.1 Å². The van der Waals surface area contributed by atoms with Gasteiger partial charge in [-0.2, -0.15) is 0 Å². The molecule has 0 aliphatic heterocycles. The van der Waals surface area contributed by atoms with Crippen LogP contribution in [0.2, 0.25) is 0 Å². The Kier molecular flexibility index (Phi) is 7.53. The van der Waals surface area contributed by atoms with Gasteiger partial charge in [0.15, 0.2) is 6.10 Å². The highest BCUT2D eigenvalue weighted by molar-refractivity contribution is 7.89. The number of likely N-dealkylation sites (N-methyl/N-ethyl adjacent to an activating group) is 1. The molecule has 0 saturated heterocycles. The van der Waals surface area contributed by atoms with Gasteiger partial charge in [0.2, 0.25) is 10.0 Å². The van der Waals surface area contributed by atoms with Crippen LogP contribution in [0.15, 0.2) is 47.4 Å². The zero-order chi connectivity index (χ0) is 21.6. The second kappa shape index (κ2) is 9.67. The number of hydrogen-bond acceptors (Lipinski definition) is 5. The lowest BCUT2D eigenvalue weighted by Gasteiger charge is -2.13. The van der Waals surface area contributed by atoms with Gasteiger partial charge in [0.1, 0.15) is 0 Å². The number of benzene rings is 2. The van der Waals surface area contributed by atoms with E-state index in [1.165, 1.54) is 19.1 Å². The predicted octanol–water partition coefficient (Wildman–Crippen LogP) is 2.46. The second-order valence-electron chi connectivity index (χ2n) is 6.71. The number of carbonyl (C=O) groups is 2. The molecule has 0 heterocycles. The van der Waals surface area contributed by atoms with E-state index in [1.807, 2.05) is 13.8 Å². The highest BCUT2D eigenvalue weighted by Crippen LogP contribution is 2.15. The summed E-state index contributed by atoms with van der Waals surface area (Å²) in [5.74, 6) is -0.982. The molecule has 0 saturated carbocycles. The fraction of sp³-hybridized carbons (Fsp3) is 0.333. The minimum Gasteiger partial charge on any atom is -0.449 e. The Morgan fingerprint density at radius 3 is 2.28 bits per heavy atom. The summed E-state index contributed by atoms with van der Waals surface area (Å²) in [7, 11) is -3.64. The van der Waals surface area contributed by atoms with Crippen LogP contribution in [-0.4, -0.2) is 32.9 Å². The molecule has 2 aromatic rings. The van der Waals surface area contributed by atoms with Crippen molar-refractivity contribution in [3.63, 3.8) is 0 Å². The molecule has 8 heteroatoms. The van der Waals surface area contributed by atoms with E-state index in [0.29, 0.717) is 12.1 Å². The van der Waals surface area contributed by atoms with Crippen molar-refractivity contribution in [2.24, 2.45) is 0 Å². The lowest BCUT2D eigenvalue weighted by molar-refractivity contribution is -0.128. The number of rotatable bonds is 8. The zero-order valence-corrected chi connectivity index (χ0v) is 17.8. The molecule has 1 atom stereocenters. The lowest BCUT2D eigenvalue weighted by Crippen LogP contribution is -2.35. The van der Waals surface area contributed by atoms with Gasteiger partial charge in [-0.25, -0.2) is 17.9 Å². The smallest absolute Gasteiger partial charge is 0.338 e. The quantitative estimate of drug-likeness (QED) is 0.641. The Labute approximate surface area is 171 Å². The van der Waals surface area contributed by atoms with E-state index in [-0.39, 0.29) is 22.9 Å². The summed E-state index contributed by atoms with van der Waals surface area (Å²) >= 11 is 0. The summed E-state index contributed by atoms with van der Waals surface area (Å²) < 4.78 is 32.6. The number of aryl methyl sites for hydroxylation is 2. The first-order valence-electron chi connectivity index (χ1n) is 9.28. The first-order chi connectivity index (χ1) is 13.6. The van der Waals surface area contributed by atoms with E-state index >= 15 is 0 Å². The van der Waals surface area contributed by atoms with Crippen molar-refractivity contribution >= 4 is 21.9 Å². The van der Waals surface area contributed by atoms with Gasteiger partial charge in [0, 0.05) is 13.1 Å². The summed E-state index contributed by atoms with van der Waals surface area (Å²) in [6.07, 6.45) is -0.896. The number of hydrogen-bond donors (Lipinski definition) is 2. The normalized spacial score (nSPS) is 12.3. The predicted molar refractivity (Wildman–Crippen MR) is 110 cm³/mol. The number of esters is 1. The monoisotopic (exact) mass is 418 g/mol. The van der Waals surface area contributed by atoms with Gasteiger partial charge in [-0.15, -0.1) is 0 Å². The van der Waals surface area contributed by atoms with E-state index in [1.54, 1.807) is 37.3 Å². The summed E-state index contributed by atoms with van der Waals surface area (Å²) in [5.41, 5.74) is 2.89. The minimum atomic E-state index is -3.64. The van der Waals surface area contributed by atoms with E-state index in [2.05, 4.69) is 10.0 Å². The molecule has 2 rings (SSSR count). The van der Waals surface area contributed by atoms with Gasteiger partial charge in [0.05, 0.1) is 10.5 Å². The van der Waals surface area contributed by atoms with Crippen LogP contribution in [0.1, 0.15) is 40.9 Å². The molecular weight excluding hydrogens is 392 g/mol. The van der Waals surface area contributed by atoms with Crippen LogP contribution in [0.25, 0.3) is 0 Å². The molecule has 156 valence electrons. The van der Waals surface area contributed by atoms with E-state index in [0.717, 1.165) is 11.1 Å². The number of nitrogens with one attached hydrogen (secondary N) is 2. The Bertz CT molecular complexity index is 985. The maximum atomic E-state index is 12.5. The Hall–Kier alpha value is -2.71. The molecule has 29 heavy (non-hydrogen) atoms. The van der Waals surface area contributed by atoms with Gasteiger partial charge < -0.3 is 10.1 Å². The zero-order valence-electron chi connectivity index (χ0n) is 17.0. The van der Waals surface area contributed by atoms with Crippen LogP contribution in [0.3, 0.4) is 0 Å². The number of sulfonamides is 1. The number of carbonyl (C=O) groups excluding carboxylic acids is 2. The first-order valence-corrected chi connectivity index (χ1v) is 10.8. The lowest BCUT2D eigenvalue weighted by atomic mass is 10.1. The largest absolute Gasteiger partial charge is 0.449 e. The third-order valence-corrected chi connectivity index (χ3v) is 5.85. The molecule has 0 fully saturated rings. The van der Waals surface area contributed by atoms with Crippen LogP contribution < -0.4 is 10.0 Å². The van der Waals surface area contributed by atoms with Crippen molar-refractivity contribution in [3.8, 4) is 0 Å². The molecule has 0 spiro atoms. The van der Waals surface area contributed by atoms with Crippen LogP contribution in [0, 0.1) is 13.8 Å². The Morgan fingerprint density at radius 1 is 1.03 bits per heavy atom. The molecule has 0 radical (unpaired) electrons. The SMILES string of the molecule is CCNC(=O)[C@@H](C)OC(=O)c1ccc(CNS(=O)(=O)c2ccc(C)c(C)c2)cc1. The van der Waals surface area contributed by atoms with Crippen molar-refractivity contribution in [1.29, 1.82) is 0 Å². The highest BCUT2D eigenvalue weighted by Gasteiger charge is 2.18. The van der Waals surface area contributed by atoms with E-state index in [4.69, 9.17) is 4.74 Å². The van der Waals surface area contributed by atoms with Crippen molar-refractivity contribution in [3.05, 3.63) is 64.7 Å². The maximum Gasteiger partial charge on any atom is 0.338 e. The molecule has 1 amide bonds. The maximum absolute atomic E-state index is 12.5. The van der Waals surface area contributed by atoms with Gasteiger partial charge in [0.25, 0.3) is 5.91 Å². The van der Waals surface area contributed by atoms with Crippen LogP contribution in [0.5, 0.6) is 0 Å². The average molecular weight is 419 g/mol. The molecule has 7 nitrogen and oxygen atoms in total.